The van der Waals surface area contributed by atoms with Crippen LogP contribution in [-0.2, 0) is 6.54 Å². The zero-order chi connectivity index (χ0) is 21.2. The molecule has 0 spiro atoms. The van der Waals surface area contributed by atoms with Crippen molar-refractivity contribution in [3.63, 3.8) is 0 Å². The number of furan rings is 1. The second-order valence-corrected chi connectivity index (χ2v) is 6.67. The van der Waals surface area contributed by atoms with E-state index in [1.807, 2.05) is 44.2 Å². The van der Waals surface area contributed by atoms with E-state index in [2.05, 4.69) is 25.9 Å². The molecular formula is C22H28IN5O3. The van der Waals surface area contributed by atoms with Crippen LogP contribution < -0.4 is 16.0 Å². The average Bonchev–Trinajstić information content (AvgIpc) is 3.41. The lowest BCUT2D eigenvalue weighted by molar-refractivity contribution is 0.0925. The first-order valence-corrected chi connectivity index (χ1v) is 10.0. The van der Waals surface area contributed by atoms with Gasteiger partial charge in [-0.1, -0.05) is 18.2 Å². The third kappa shape index (κ3) is 7.42. The highest BCUT2D eigenvalue weighted by molar-refractivity contribution is 14.0. The number of halogens is 1. The number of carbonyl (C=O) groups is 1. The molecule has 0 aliphatic carbocycles. The summed E-state index contributed by atoms with van der Waals surface area (Å²) in [6.45, 7) is 6.20. The fourth-order valence-electron chi connectivity index (χ4n) is 2.78. The maximum absolute atomic E-state index is 12.0. The average molecular weight is 537 g/mol. The van der Waals surface area contributed by atoms with Gasteiger partial charge in [-0.25, -0.2) is 9.98 Å². The van der Waals surface area contributed by atoms with Crippen molar-refractivity contribution in [2.75, 3.05) is 19.6 Å². The van der Waals surface area contributed by atoms with Crippen LogP contribution in [0.2, 0.25) is 0 Å². The summed E-state index contributed by atoms with van der Waals surface area (Å²) in [4.78, 5) is 21.0. The van der Waals surface area contributed by atoms with Crippen LogP contribution in [0.3, 0.4) is 0 Å². The minimum atomic E-state index is -0.196. The maximum Gasteiger partial charge on any atom is 0.287 e. The molecule has 3 aromatic rings. The number of rotatable bonds is 9. The summed E-state index contributed by atoms with van der Waals surface area (Å²) in [5.41, 5.74) is 2.52. The molecule has 0 aliphatic heterocycles. The van der Waals surface area contributed by atoms with Gasteiger partial charge in [-0.15, -0.1) is 24.0 Å². The Morgan fingerprint density at radius 3 is 2.55 bits per heavy atom. The first kappa shape index (κ1) is 24.4. The van der Waals surface area contributed by atoms with Crippen LogP contribution in [0.15, 0.2) is 62.8 Å². The molecule has 1 aromatic carbocycles. The molecule has 9 heteroatoms. The molecule has 2 heterocycles. The van der Waals surface area contributed by atoms with E-state index in [4.69, 9.17) is 8.83 Å². The second-order valence-electron chi connectivity index (χ2n) is 6.67. The topological polar surface area (TPSA) is 105 Å². The van der Waals surface area contributed by atoms with Crippen LogP contribution in [0.25, 0.3) is 11.5 Å². The summed E-state index contributed by atoms with van der Waals surface area (Å²) in [5.74, 6) is 1.44. The Morgan fingerprint density at radius 1 is 1.06 bits per heavy atom. The van der Waals surface area contributed by atoms with Crippen molar-refractivity contribution < 1.29 is 13.6 Å². The van der Waals surface area contributed by atoms with E-state index in [0.29, 0.717) is 37.2 Å². The third-order valence-electron chi connectivity index (χ3n) is 4.32. The van der Waals surface area contributed by atoms with Crippen molar-refractivity contribution in [3.8, 4) is 11.5 Å². The normalized spacial score (nSPS) is 11.0. The lowest BCUT2D eigenvalue weighted by Gasteiger charge is -2.11. The Hall–Kier alpha value is -2.82. The van der Waals surface area contributed by atoms with E-state index >= 15 is 0 Å². The van der Waals surface area contributed by atoms with Crippen LogP contribution in [0.1, 0.15) is 35.2 Å². The minimum Gasteiger partial charge on any atom is -0.459 e. The number of hydrogen-bond acceptors (Lipinski definition) is 5. The molecule has 3 N–H and O–H groups in total. The number of carbonyl (C=O) groups excluding carboxylic acids is 1. The van der Waals surface area contributed by atoms with E-state index < -0.39 is 0 Å². The van der Waals surface area contributed by atoms with Crippen molar-refractivity contribution in [3.05, 3.63) is 65.9 Å². The summed E-state index contributed by atoms with van der Waals surface area (Å²) < 4.78 is 10.7. The number of aromatic nitrogens is 1. The Balaban J connectivity index is 0.00000341. The van der Waals surface area contributed by atoms with Crippen molar-refractivity contribution in [1.82, 2.24) is 20.9 Å². The number of guanidine groups is 1. The molecule has 1 amide bonds. The SMILES string of the molecule is CCNC(=NCc1coc(-c2ccccc2)n1)NCCCNC(=O)c1occc1C.I. The van der Waals surface area contributed by atoms with E-state index in [1.165, 1.54) is 6.26 Å². The Bertz CT molecular complexity index is 968. The standard InChI is InChI=1S/C22H27N5O3.HI/c1-3-23-22(25-12-7-11-24-20(28)19-16(2)10-13-29-19)26-14-18-15-30-21(27-18)17-8-5-4-6-9-17;/h4-6,8-10,13,15H,3,7,11-12,14H2,1-2H3,(H,24,28)(H2,23,25,26);1H. The summed E-state index contributed by atoms with van der Waals surface area (Å²) in [6.07, 6.45) is 3.89. The second kappa shape index (κ2) is 12.8. The van der Waals surface area contributed by atoms with E-state index in [0.717, 1.165) is 29.8 Å². The highest BCUT2D eigenvalue weighted by Gasteiger charge is 2.11. The fraction of sp³-hybridized carbons (Fsp3) is 0.318. The number of aryl methyl sites for hydroxylation is 1. The molecule has 0 unspecified atom stereocenters. The number of aliphatic imine (C=N–C) groups is 1. The van der Waals surface area contributed by atoms with Gasteiger partial charge in [0.2, 0.25) is 5.89 Å². The molecule has 0 saturated heterocycles. The van der Waals surface area contributed by atoms with Gasteiger partial charge in [0.25, 0.3) is 5.91 Å². The Kier molecular flexibility index (Phi) is 10.1. The van der Waals surface area contributed by atoms with Gasteiger partial charge in [-0.05, 0) is 38.5 Å². The zero-order valence-electron chi connectivity index (χ0n) is 17.7. The molecule has 31 heavy (non-hydrogen) atoms. The summed E-state index contributed by atoms with van der Waals surface area (Å²) >= 11 is 0. The van der Waals surface area contributed by atoms with Crippen molar-refractivity contribution in [2.24, 2.45) is 4.99 Å². The first-order valence-electron chi connectivity index (χ1n) is 10.0. The van der Waals surface area contributed by atoms with E-state index in [1.54, 1.807) is 12.3 Å². The van der Waals surface area contributed by atoms with Crippen molar-refractivity contribution >= 4 is 35.8 Å². The number of oxazole rings is 1. The molecule has 2 aromatic heterocycles. The highest BCUT2D eigenvalue weighted by atomic mass is 127. The number of amides is 1. The molecule has 0 bridgehead atoms. The van der Waals surface area contributed by atoms with Gasteiger partial charge in [0.05, 0.1) is 12.8 Å². The maximum atomic E-state index is 12.0. The minimum absolute atomic E-state index is 0. The largest absolute Gasteiger partial charge is 0.459 e. The molecule has 0 radical (unpaired) electrons. The summed E-state index contributed by atoms with van der Waals surface area (Å²) in [6, 6.07) is 11.5. The lowest BCUT2D eigenvalue weighted by Crippen LogP contribution is -2.38. The molecule has 0 fully saturated rings. The lowest BCUT2D eigenvalue weighted by atomic mass is 10.2. The number of nitrogens with one attached hydrogen (secondary N) is 3. The Morgan fingerprint density at radius 2 is 1.84 bits per heavy atom. The van der Waals surface area contributed by atoms with Gasteiger partial charge >= 0.3 is 0 Å². The zero-order valence-corrected chi connectivity index (χ0v) is 20.0. The fourth-order valence-corrected chi connectivity index (χ4v) is 2.78. The van der Waals surface area contributed by atoms with Crippen LogP contribution in [0.4, 0.5) is 0 Å². The first-order chi connectivity index (χ1) is 14.7. The van der Waals surface area contributed by atoms with Gasteiger partial charge in [0.1, 0.15) is 12.0 Å². The van der Waals surface area contributed by atoms with Crippen LogP contribution in [0, 0.1) is 6.92 Å². The van der Waals surface area contributed by atoms with Gasteiger partial charge in [0, 0.05) is 30.8 Å². The molecule has 8 nitrogen and oxygen atoms in total. The smallest absolute Gasteiger partial charge is 0.287 e. The quantitative estimate of drug-likeness (QED) is 0.166. The highest BCUT2D eigenvalue weighted by Crippen LogP contribution is 2.18. The molecule has 0 aliphatic rings. The van der Waals surface area contributed by atoms with Gasteiger partial charge < -0.3 is 24.8 Å². The molecule has 0 saturated carbocycles. The van der Waals surface area contributed by atoms with E-state index in [-0.39, 0.29) is 29.9 Å². The van der Waals surface area contributed by atoms with Crippen LogP contribution >= 0.6 is 24.0 Å². The molecule has 0 atom stereocenters. The molecule has 166 valence electrons. The van der Waals surface area contributed by atoms with Gasteiger partial charge in [-0.2, -0.15) is 0 Å². The Labute approximate surface area is 198 Å². The monoisotopic (exact) mass is 537 g/mol. The molecular weight excluding hydrogens is 509 g/mol. The summed E-state index contributed by atoms with van der Waals surface area (Å²) in [5, 5.41) is 9.31. The van der Waals surface area contributed by atoms with Gasteiger partial charge in [-0.3, -0.25) is 4.79 Å². The number of benzene rings is 1. The third-order valence-corrected chi connectivity index (χ3v) is 4.32. The van der Waals surface area contributed by atoms with Gasteiger partial charge in [0.15, 0.2) is 11.7 Å². The van der Waals surface area contributed by atoms with Crippen molar-refractivity contribution in [1.29, 1.82) is 0 Å². The van der Waals surface area contributed by atoms with Crippen LogP contribution in [-0.4, -0.2) is 36.5 Å². The van der Waals surface area contributed by atoms with Crippen molar-refractivity contribution in [2.45, 2.75) is 26.8 Å². The van der Waals surface area contributed by atoms with E-state index in [9.17, 15) is 4.79 Å². The molecule has 3 rings (SSSR count). The van der Waals surface area contributed by atoms with Crippen LogP contribution in [0.5, 0.6) is 0 Å². The number of hydrogen-bond donors (Lipinski definition) is 3. The predicted molar refractivity (Wildman–Crippen MR) is 131 cm³/mol. The predicted octanol–water partition coefficient (Wildman–Crippen LogP) is 3.74. The summed E-state index contributed by atoms with van der Waals surface area (Å²) in [7, 11) is 0. The number of nitrogens with zero attached hydrogens (tertiary/aromatic N) is 2.